The van der Waals surface area contributed by atoms with Crippen molar-refractivity contribution in [2.75, 3.05) is 0 Å². The maximum atomic E-state index is 12.2. The number of phenols is 1. The summed E-state index contributed by atoms with van der Waals surface area (Å²) in [5, 5.41) is 8.95. The van der Waals surface area contributed by atoms with Crippen LogP contribution in [0.5, 0.6) is 11.5 Å². The van der Waals surface area contributed by atoms with Crippen molar-refractivity contribution >= 4 is 0 Å². The summed E-state index contributed by atoms with van der Waals surface area (Å²) in [5.41, 5.74) is -1.01. The Morgan fingerprint density at radius 1 is 1.20 bits per heavy atom. The van der Waals surface area contributed by atoms with Gasteiger partial charge in [-0.15, -0.1) is 13.2 Å². The number of aromatic hydroxyl groups is 1. The zero-order chi connectivity index (χ0) is 11.6. The van der Waals surface area contributed by atoms with Gasteiger partial charge in [0.1, 0.15) is 0 Å². The SMILES string of the molecule is Oc1cccc(C(F)F)c1OC(F)(F)F. The number of hydrogen-bond donors (Lipinski definition) is 1. The summed E-state index contributed by atoms with van der Waals surface area (Å²) in [4.78, 5) is 0. The number of alkyl halides is 5. The minimum Gasteiger partial charge on any atom is -0.504 e. The van der Waals surface area contributed by atoms with E-state index in [1.807, 2.05) is 0 Å². The number of phenolic OH excluding ortho intramolecular Hbond substituents is 1. The van der Waals surface area contributed by atoms with Crippen molar-refractivity contribution in [2.45, 2.75) is 12.8 Å². The third kappa shape index (κ3) is 2.97. The van der Waals surface area contributed by atoms with E-state index in [4.69, 9.17) is 5.11 Å². The Balaban J connectivity index is 3.14. The van der Waals surface area contributed by atoms with Crippen LogP contribution in [0.3, 0.4) is 0 Å². The maximum absolute atomic E-state index is 12.2. The lowest BCUT2D eigenvalue weighted by Crippen LogP contribution is -2.18. The average Bonchev–Trinajstić information content (AvgIpc) is 2.05. The molecule has 0 saturated heterocycles. The fourth-order valence-electron chi connectivity index (χ4n) is 0.941. The second-order valence-corrected chi connectivity index (χ2v) is 2.54. The standard InChI is InChI=1S/C8H5F5O2/c9-7(10)4-2-1-3-5(14)6(4)15-8(11,12)13/h1-3,7,14H. The van der Waals surface area contributed by atoms with E-state index in [1.54, 1.807) is 0 Å². The molecule has 0 aliphatic carbocycles. The van der Waals surface area contributed by atoms with Crippen LogP contribution in [0.2, 0.25) is 0 Å². The molecule has 0 spiro atoms. The quantitative estimate of drug-likeness (QED) is 0.787. The summed E-state index contributed by atoms with van der Waals surface area (Å²) in [6.07, 6.45) is -8.28. The Hall–Kier alpha value is -1.53. The number of halogens is 5. The van der Waals surface area contributed by atoms with Gasteiger partial charge in [-0.2, -0.15) is 0 Å². The van der Waals surface area contributed by atoms with E-state index in [9.17, 15) is 22.0 Å². The molecule has 84 valence electrons. The Labute approximate surface area is 80.9 Å². The lowest BCUT2D eigenvalue weighted by Gasteiger charge is -2.13. The molecule has 0 aromatic heterocycles. The zero-order valence-corrected chi connectivity index (χ0v) is 7.05. The van der Waals surface area contributed by atoms with Crippen LogP contribution >= 0.6 is 0 Å². The maximum Gasteiger partial charge on any atom is 0.573 e. The van der Waals surface area contributed by atoms with Crippen molar-refractivity contribution in [1.82, 2.24) is 0 Å². The molecule has 0 unspecified atom stereocenters. The van der Waals surface area contributed by atoms with Crippen LogP contribution in [-0.2, 0) is 0 Å². The van der Waals surface area contributed by atoms with Crippen LogP contribution in [0, 0.1) is 0 Å². The molecule has 1 aromatic rings. The van der Waals surface area contributed by atoms with Gasteiger partial charge in [0.2, 0.25) is 0 Å². The molecule has 0 bridgehead atoms. The summed E-state index contributed by atoms with van der Waals surface area (Å²) in [6, 6.07) is 2.57. The normalized spacial score (nSPS) is 11.9. The molecule has 0 fully saturated rings. The molecule has 7 heteroatoms. The molecule has 0 aliphatic rings. The second kappa shape index (κ2) is 3.92. The average molecular weight is 228 g/mol. The molecule has 15 heavy (non-hydrogen) atoms. The smallest absolute Gasteiger partial charge is 0.504 e. The fraction of sp³-hybridized carbons (Fsp3) is 0.250. The van der Waals surface area contributed by atoms with Gasteiger partial charge in [-0.3, -0.25) is 0 Å². The van der Waals surface area contributed by atoms with Gasteiger partial charge in [0.15, 0.2) is 11.5 Å². The fourth-order valence-corrected chi connectivity index (χ4v) is 0.941. The Bertz CT molecular complexity index is 347. The number of benzene rings is 1. The van der Waals surface area contributed by atoms with Gasteiger partial charge in [-0.1, -0.05) is 6.07 Å². The predicted molar refractivity (Wildman–Crippen MR) is 39.7 cm³/mol. The molecular formula is C8H5F5O2. The predicted octanol–water partition coefficient (Wildman–Crippen LogP) is 3.23. The minimum atomic E-state index is -5.12. The molecule has 0 amide bonds. The van der Waals surface area contributed by atoms with Gasteiger partial charge in [-0.25, -0.2) is 8.78 Å². The highest BCUT2D eigenvalue weighted by molar-refractivity contribution is 5.46. The summed E-state index contributed by atoms with van der Waals surface area (Å²) in [6.45, 7) is 0. The topological polar surface area (TPSA) is 29.5 Å². The molecule has 1 rings (SSSR count). The first kappa shape index (κ1) is 11.5. The van der Waals surface area contributed by atoms with E-state index >= 15 is 0 Å². The number of hydrogen-bond acceptors (Lipinski definition) is 2. The van der Waals surface area contributed by atoms with Gasteiger partial charge in [0.05, 0.1) is 5.56 Å². The second-order valence-electron chi connectivity index (χ2n) is 2.54. The summed E-state index contributed by atoms with van der Waals surface area (Å²) in [7, 11) is 0. The van der Waals surface area contributed by atoms with E-state index in [2.05, 4.69) is 4.74 Å². The van der Waals surface area contributed by atoms with Crippen molar-refractivity contribution in [3.05, 3.63) is 23.8 Å². The third-order valence-corrected chi connectivity index (χ3v) is 1.48. The lowest BCUT2D eigenvalue weighted by atomic mass is 10.2. The van der Waals surface area contributed by atoms with Crippen molar-refractivity contribution in [2.24, 2.45) is 0 Å². The third-order valence-electron chi connectivity index (χ3n) is 1.48. The van der Waals surface area contributed by atoms with Crippen LogP contribution in [0.1, 0.15) is 12.0 Å². The lowest BCUT2D eigenvalue weighted by molar-refractivity contribution is -0.275. The van der Waals surface area contributed by atoms with Gasteiger partial charge in [-0.05, 0) is 12.1 Å². The molecule has 1 N–H and O–H groups in total. The van der Waals surface area contributed by atoms with Crippen molar-refractivity contribution in [3.8, 4) is 11.5 Å². The first-order valence-electron chi connectivity index (χ1n) is 3.67. The van der Waals surface area contributed by atoms with E-state index in [0.717, 1.165) is 18.2 Å². The van der Waals surface area contributed by atoms with E-state index in [1.165, 1.54) is 0 Å². The van der Waals surface area contributed by atoms with Crippen LogP contribution in [-0.4, -0.2) is 11.5 Å². The van der Waals surface area contributed by atoms with Crippen molar-refractivity contribution < 1.29 is 31.8 Å². The van der Waals surface area contributed by atoms with Gasteiger partial charge in [0.25, 0.3) is 6.43 Å². The highest BCUT2D eigenvalue weighted by Gasteiger charge is 2.34. The Morgan fingerprint density at radius 3 is 2.27 bits per heavy atom. The monoisotopic (exact) mass is 228 g/mol. The van der Waals surface area contributed by atoms with E-state index < -0.39 is 29.9 Å². The Morgan fingerprint density at radius 2 is 1.80 bits per heavy atom. The summed E-state index contributed by atoms with van der Waals surface area (Å²) < 4.78 is 63.1. The number of ether oxygens (including phenoxy) is 1. The molecule has 0 saturated carbocycles. The van der Waals surface area contributed by atoms with Gasteiger partial charge >= 0.3 is 6.36 Å². The molecule has 0 radical (unpaired) electrons. The molecule has 0 heterocycles. The first-order valence-corrected chi connectivity index (χ1v) is 3.67. The molecular weight excluding hydrogens is 223 g/mol. The highest BCUT2D eigenvalue weighted by atomic mass is 19.4. The van der Waals surface area contributed by atoms with Gasteiger partial charge < -0.3 is 9.84 Å². The molecule has 1 aromatic carbocycles. The van der Waals surface area contributed by atoms with E-state index in [-0.39, 0.29) is 0 Å². The van der Waals surface area contributed by atoms with Crippen LogP contribution in [0.25, 0.3) is 0 Å². The molecule has 2 nitrogen and oxygen atoms in total. The van der Waals surface area contributed by atoms with Crippen molar-refractivity contribution in [1.29, 1.82) is 0 Å². The zero-order valence-electron chi connectivity index (χ0n) is 7.05. The number of para-hydroxylation sites is 1. The first-order chi connectivity index (χ1) is 6.81. The van der Waals surface area contributed by atoms with Crippen LogP contribution in [0.15, 0.2) is 18.2 Å². The minimum absolute atomic E-state index is 0.742. The number of rotatable bonds is 2. The van der Waals surface area contributed by atoms with Crippen LogP contribution in [0.4, 0.5) is 22.0 Å². The largest absolute Gasteiger partial charge is 0.573 e. The summed E-state index contributed by atoms with van der Waals surface area (Å²) in [5.74, 6) is -2.25. The van der Waals surface area contributed by atoms with Crippen LogP contribution < -0.4 is 4.74 Å². The summed E-state index contributed by atoms with van der Waals surface area (Å²) >= 11 is 0. The van der Waals surface area contributed by atoms with Crippen molar-refractivity contribution in [3.63, 3.8) is 0 Å². The highest BCUT2D eigenvalue weighted by Crippen LogP contribution is 2.39. The molecule has 0 aliphatic heterocycles. The Kier molecular flexibility index (Phi) is 3.01. The van der Waals surface area contributed by atoms with Gasteiger partial charge in [0, 0.05) is 0 Å². The molecule has 0 atom stereocenters. The van der Waals surface area contributed by atoms with E-state index in [0.29, 0.717) is 0 Å².